The van der Waals surface area contributed by atoms with Gasteiger partial charge in [-0.1, -0.05) is 25.1 Å². The highest BCUT2D eigenvalue weighted by atomic mass is 32.2. The third-order valence-corrected chi connectivity index (χ3v) is 3.99. The molecule has 0 saturated heterocycles. The van der Waals surface area contributed by atoms with Crippen LogP contribution in [0.1, 0.15) is 18.9 Å². The van der Waals surface area contributed by atoms with E-state index < -0.39 is 0 Å². The quantitative estimate of drug-likeness (QED) is 0.836. The summed E-state index contributed by atoms with van der Waals surface area (Å²) in [5.41, 5.74) is 2.49. The van der Waals surface area contributed by atoms with Crippen molar-refractivity contribution in [3.63, 3.8) is 0 Å². The Kier molecular flexibility index (Phi) is 5.67. The maximum atomic E-state index is 4.43. The Bertz CT molecular complexity index is 508. The van der Waals surface area contributed by atoms with Gasteiger partial charge in [0.2, 0.25) is 0 Å². The van der Waals surface area contributed by atoms with Gasteiger partial charge in [-0.25, -0.2) is 0 Å². The molecule has 1 N–H and O–H groups in total. The smallest absolute Gasteiger partial charge is 0.0704 e. The number of aromatic nitrogens is 1. The van der Waals surface area contributed by atoms with E-state index in [4.69, 9.17) is 0 Å². The number of hydrogen-bond acceptors (Lipinski definition) is 3. The van der Waals surface area contributed by atoms with Gasteiger partial charge >= 0.3 is 0 Å². The fourth-order valence-corrected chi connectivity index (χ4v) is 2.98. The van der Waals surface area contributed by atoms with Crippen molar-refractivity contribution in [1.29, 1.82) is 0 Å². The number of nitrogens with zero attached hydrogens (tertiary/aromatic N) is 1. The van der Waals surface area contributed by atoms with Gasteiger partial charge in [-0.15, -0.1) is 0 Å². The summed E-state index contributed by atoms with van der Waals surface area (Å²) in [7, 11) is 0. The van der Waals surface area contributed by atoms with Gasteiger partial charge in [0.1, 0.15) is 0 Å². The van der Waals surface area contributed by atoms with Crippen LogP contribution in [0.5, 0.6) is 0 Å². The molecular formula is C16H22N2S. The third-order valence-electron chi connectivity index (χ3n) is 3.26. The van der Waals surface area contributed by atoms with Crippen LogP contribution in [-0.2, 0) is 6.42 Å². The zero-order valence-electron chi connectivity index (χ0n) is 11.7. The summed E-state index contributed by atoms with van der Waals surface area (Å²) in [6.07, 6.45) is 6.35. The minimum atomic E-state index is 0.542. The van der Waals surface area contributed by atoms with E-state index in [1.807, 2.05) is 24.0 Å². The third kappa shape index (κ3) is 3.95. The van der Waals surface area contributed by atoms with Crippen LogP contribution in [0.25, 0.3) is 10.9 Å². The number of fused-ring (bicyclic) bond motifs is 1. The summed E-state index contributed by atoms with van der Waals surface area (Å²) in [5, 5.41) is 4.93. The van der Waals surface area contributed by atoms with Crippen LogP contribution in [-0.4, -0.2) is 29.6 Å². The van der Waals surface area contributed by atoms with Crippen molar-refractivity contribution in [2.45, 2.75) is 25.8 Å². The molecule has 0 aliphatic carbocycles. The van der Waals surface area contributed by atoms with Gasteiger partial charge in [-0.05, 0) is 43.3 Å². The average Bonchev–Trinajstić information content (AvgIpc) is 2.45. The topological polar surface area (TPSA) is 24.9 Å². The van der Waals surface area contributed by atoms with Crippen molar-refractivity contribution in [1.82, 2.24) is 10.3 Å². The summed E-state index contributed by atoms with van der Waals surface area (Å²) in [6, 6.07) is 11.1. The largest absolute Gasteiger partial charge is 0.313 e. The zero-order chi connectivity index (χ0) is 13.5. The first kappa shape index (κ1) is 14.4. The Hall–Kier alpha value is -1.06. The minimum absolute atomic E-state index is 0.542. The lowest BCUT2D eigenvalue weighted by Gasteiger charge is -2.18. The second-order valence-corrected chi connectivity index (χ2v) is 5.71. The van der Waals surface area contributed by atoms with Crippen LogP contribution in [0.3, 0.4) is 0 Å². The first-order chi connectivity index (χ1) is 9.35. The van der Waals surface area contributed by atoms with E-state index in [1.165, 1.54) is 17.4 Å². The lowest BCUT2D eigenvalue weighted by Crippen LogP contribution is -2.34. The fraction of sp³-hybridized carbons (Fsp3) is 0.438. The Morgan fingerprint density at radius 3 is 2.89 bits per heavy atom. The van der Waals surface area contributed by atoms with Gasteiger partial charge < -0.3 is 5.32 Å². The molecule has 2 nitrogen and oxygen atoms in total. The molecule has 19 heavy (non-hydrogen) atoms. The van der Waals surface area contributed by atoms with Crippen LogP contribution in [0, 0.1) is 0 Å². The highest BCUT2D eigenvalue weighted by Gasteiger charge is 2.10. The van der Waals surface area contributed by atoms with Crippen molar-refractivity contribution < 1.29 is 0 Å². The van der Waals surface area contributed by atoms with E-state index in [2.05, 4.69) is 47.7 Å². The standard InChI is InChI=1S/C16H22N2S/c1-3-9-17-14(12-19-2)11-13-8-10-18-16-7-5-4-6-15(13)16/h4-8,10,14,17H,3,9,11-12H2,1-2H3. The number of hydrogen-bond donors (Lipinski definition) is 1. The molecule has 3 heteroatoms. The molecule has 1 aromatic heterocycles. The molecule has 0 aliphatic rings. The van der Waals surface area contributed by atoms with Crippen molar-refractivity contribution in [2.24, 2.45) is 0 Å². The molecule has 0 spiro atoms. The monoisotopic (exact) mass is 274 g/mol. The Morgan fingerprint density at radius 1 is 1.26 bits per heavy atom. The summed E-state index contributed by atoms with van der Waals surface area (Å²) in [6.45, 7) is 3.30. The minimum Gasteiger partial charge on any atom is -0.313 e. The number of pyridine rings is 1. The molecule has 102 valence electrons. The summed E-state index contributed by atoms with van der Waals surface area (Å²) < 4.78 is 0. The number of para-hydroxylation sites is 1. The fourth-order valence-electron chi connectivity index (χ4n) is 2.34. The van der Waals surface area contributed by atoms with E-state index in [1.54, 1.807) is 0 Å². The summed E-state index contributed by atoms with van der Waals surface area (Å²) in [5.74, 6) is 1.15. The molecule has 0 bridgehead atoms. The van der Waals surface area contributed by atoms with Crippen LogP contribution in [0.4, 0.5) is 0 Å². The number of benzene rings is 1. The molecule has 0 saturated carbocycles. The Labute approximate surface area is 120 Å². The van der Waals surface area contributed by atoms with Gasteiger partial charge in [0, 0.05) is 23.4 Å². The molecule has 1 atom stereocenters. The first-order valence-corrected chi connectivity index (χ1v) is 8.29. The van der Waals surface area contributed by atoms with Gasteiger partial charge in [0.25, 0.3) is 0 Å². The lowest BCUT2D eigenvalue weighted by atomic mass is 10.0. The Morgan fingerprint density at radius 2 is 2.11 bits per heavy atom. The molecule has 0 aliphatic heterocycles. The van der Waals surface area contributed by atoms with Crippen molar-refractivity contribution in [2.75, 3.05) is 18.6 Å². The van der Waals surface area contributed by atoms with E-state index >= 15 is 0 Å². The predicted octanol–water partition coefficient (Wildman–Crippen LogP) is 3.51. The number of nitrogens with one attached hydrogen (secondary N) is 1. The molecular weight excluding hydrogens is 252 g/mol. The SMILES string of the molecule is CCCNC(CSC)Cc1ccnc2ccccc12. The summed E-state index contributed by atoms with van der Waals surface area (Å²) >= 11 is 1.91. The van der Waals surface area contributed by atoms with E-state index in [-0.39, 0.29) is 0 Å². The lowest BCUT2D eigenvalue weighted by molar-refractivity contribution is 0.551. The molecule has 0 amide bonds. The highest BCUT2D eigenvalue weighted by Crippen LogP contribution is 2.18. The molecule has 2 aromatic rings. The normalized spacial score (nSPS) is 12.7. The van der Waals surface area contributed by atoms with E-state index in [0.29, 0.717) is 6.04 Å². The van der Waals surface area contributed by atoms with Crippen molar-refractivity contribution >= 4 is 22.7 Å². The van der Waals surface area contributed by atoms with Gasteiger partial charge in [-0.2, -0.15) is 11.8 Å². The molecule has 1 unspecified atom stereocenters. The zero-order valence-corrected chi connectivity index (χ0v) is 12.5. The maximum Gasteiger partial charge on any atom is 0.0704 e. The first-order valence-electron chi connectivity index (χ1n) is 6.90. The van der Waals surface area contributed by atoms with Gasteiger partial charge in [-0.3, -0.25) is 4.98 Å². The Balaban J connectivity index is 2.18. The molecule has 0 fully saturated rings. The van der Waals surface area contributed by atoms with Crippen LogP contribution >= 0.6 is 11.8 Å². The highest BCUT2D eigenvalue weighted by molar-refractivity contribution is 7.98. The molecule has 1 heterocycles. The maximum absolute atomic E-state index is 4.43. The predicted molar refractivity (Wildman–Crippen MR) is 85.9 cm³/mol. The van der Waals surface area contributed by atoms with Crippen molar-refractivity contribution in [3.8, 4) is 0 Å². The molecule has 0 radical (unpaired) electrons. The van der Waals surface area contributed by atoms with Crippen molar-refractivity contribution in [3.05, 3.63) is 42.1 Å². The van der Waals surface area contributed by atoms with Crippen LogP contribution < -0.4 is 5.32 Å². The van der Waals surface area contributed by atoms with Gasteiger partial charge in [0.05, 0.1) is 5.52 Å². The van der Waals surface area contributed by atoms with Gasteiger partial charge in [0.15, 0.2) is 0 Å². The average molecular weight is 274 g/mol. The van der Waals surface area contributed by atoms with E-state index in [0.717, 1.165) is 24.2 Å². The van der Waals surface area contributed by atoms with E-state index in [9.17, 15) is 0 Å². The summed E-state index contributed by atoms with van der Waals surface area (Å²) in [4.78, 5) is 4.43. The van der Waals surface area contributed by atoms with Crippen LogP contribution in [0.15, 0.2) is 36.5 Å². The number of thioether (sulfide) groups is 1. The second kappa shape index (κ2) is 7.51. The second-order valence-electron chi connectivity index (χ2n) is 4.80. The number of rotatable bonds is 7. The molecule has 1 aromatic carbocycles. The molecule has 2 rings (SSSR count). The van der Waals surface area contributed by atoms with Crippen LogP contribution in [0.2, 0.25) is 0 Å².